The van der Waals surface area contributed by atoms with Crippen molar-refractivity contribution in [2.45, 2.75) is 105 Å². The van der Waals surface area contributed by atoms with Crippen LogP contribution in [0.15, 0.2) is 0 Å². The molecule has 0 unspecified atom stereocenters. The van der Waals surface area contributed by atoms with Crippen LogP contribution in [0.2, 0.25) is 0 Å². The molecule has 0 aromatic rings. The van der Waals surface area contributed by atoms with Crippen molar-refractivity contribution in [2.24, 2.45) is 0 Å². The molecule has 0 spiro atoms. The molecule has 180 valence electrons. The Kier molecular flexibility index (Phi) is 32.2. The summed E-state index contributed by atoms with van der Waals surface area (Å²) in [5.74, 6) is -2.99. The first-order valence-electron chi connectivity index (χ1n) is 11.2. The molecular weight excluding hydrogens is 440 g/mol. The second kappa shape index (κ2) is 28.9. The third-order valence-corrected chi connectivity index (χ3v) is 4.54. The third kappa shape index (κ3) is 39.9. The zero-order valence-electron chi connectivity index (χ0n) is 19.7. The van der Waals surface area contributed by atoms with Gasteiger partial charge in [0, 0.05) is 37.6 Å². The number of Topliss-reactive ketones (excluding diaryl/α,β-unsaturated/α-hetero) is 2. The van der Waals surface area contributed by atoms with Crippen LogP contribution in [0.3, 0.4) is 0 Å². The first-order valence-corrected chi connectivity index (χ1v) is 12.4. The normalized spacial score (nSPS) is 9.42. The number of hydrogen-bond acceptors (Lipinski definition) is 8. The molecule has 31 heavy (non-hydrogen) atoms. The Hall–Kier alpha value is -1.09. The van der Waals surface area contributed by atoms with E-state index in [1.807, 2.05) is 13.8 Å². The van der Waals surface area contributed by atoms with E-state index in [4.69, 9.17) is 6.64 Å². The van der Waals surface area contributed by atoms with Gasteiger partial charge in [0.15, 0.2) is 0 Å². The van der Waals surface area contributed by atoms with Crippen LogP contribution in [-0.2, 0) is 45.7 Å². The van der Waals surface area contributed by atoms with Crippen molar-refractivity contribution < 1.29 is 56.0 Å². The first kappa shape index (κ1) is 34.5. The number of carboxylic acids is 2. The van der Waals surface area contributed by atoms with Crippen LogP contribution in [0, 0.1) is 0 Å². The van der Waals surface area contributed by atoms with Gasteiger partial charge in [0.25, 0.3) is 0 Å². The van der Waals surface area contributed by atoms with Gasteiger partial charge in [0.1, 0.15) is 11.6 Å². The van der Waals surface area contributed by atoms with E-state index in [0.29, 0.717) is 12.8 Å². The van der Waals surface area contributed by atoms with E-state index < -0.39 is 44.7 Å². The molecule has 0 heterocycles. The molecule has 0 aliphatic heterocycles. The number of carbonyl (C=O) groups excluding carboxylic acids is 4. The van der Waals surface area contributed by atoms with E-state index in [1.165, 1.54) is 0 Å². The van der Waals surface area contributed by atoms with Crippen molar-refractivity contribution in [3.8, 4) is 0 Å². The van der Waals surface area contributed by atoms with Crippen LogP contribution >= 0.6 is 0 Å². The van der Waals surface area contributed by atoms with Gasteiger partial charge in [-0.2, -0.15) is 0 Å². The maximum absolute atomic E-state index is 10.7. The maximum atomic E-state index is 10.7. The fourth-order valence-corrected chi connectivity index (χ4v) is 3.00. The number of aliphatic carboxylic acids is 2. The summed E-state index contributed by atoms with van der Waals surface area (Å²) < 4.78 is 10.4. The Morgan fingerprint density at radius 3 is 1.23 bits per heavy atom. The molecule has 0 fully saturated rings. The summed E-state index contributed by atoms with van der Waals surface area (Å²) in [6.07, 6.45) is 7.73. The second-order valence-corrected chi connectivity index (χ2v) is 8.03. The van der Waals surface area contributed by atoms with E-state index in [1.54, 1.807) is 0 Å². The number of rotatable bonds is 18. The fourth-order valence-electron chi connectivity index (χ4n) is 1.97. The molecule has 0 aliphatic carbocycles. The summed E-state index contributed by atoms with van der Waals surface area (Å²) in [7, 11) is 0. The molecule has 9 heteroatoms. The van der Waals surface area contributed by atoms with Crippen molar-refractivity contribution in [3.05, 3.63) is 0 Å². The molecule has 0 atom stereocenters. The monoisotopic (exact) mass is 480 g/mol. The average molecular weight is 480 g/mol. The standard InChI is InChI=1S/2C8H14O3.2C3H7O.Ti/c2*1-2-3-4-5-7(9)6-8(10)11;2*1-2-3-4;/h2*2-6H2,1H3,(H,10,11);2*2-3H2,1H3;/q;;2*-1;+4/p-2. The van der Waals surface area contributed by atoms with Crippen LogP contribution in [0.1, 0.15) is 105 Å². The number of carboxylic acid groups (broad SMARTS) is 2. The molecule has 0 N–H and O–H groups in total. The van der Waals surface area contributed by atoms with Gasteiger partial charge in [-0.15, -0.1) is 0 Å². The van der Waals surface area contributed by atoms with E-state index >= 15 is 0 Å². The molecule has 0 saturated heterocycles. The topological polar surface area (TPSA) is 133 Å². The van der Waals surface area contributed by atoms with Crippen LogP contribution in [0.5, 0.6) is 0 Å². The number of ketones is 2. The number of carbonyl (C=O) groups is 4. The minimum atomic E-state index is -1.27. The van der Waals surface area contributed by atoms with Crippen LogP contribution in [0.25, 0.3) is 0 Å². The molecule has 0 aliphatic rings. The fraction of sp³-hybridized carbons (Fsp3) is 0.818. The molecule has 0 bridgehead atoms. The Labute approximate surface area is 197 Å². The Bertz CT molecular complexity index is 415. The Morgan fingerprint density at radius 2 is 0.968 bits per heavy atom. The summed E-state index contributed by atoms with van der Waals surface area (Å²) in [6.45, 7) is 10.00. The zero-order chi connectivity index (χ0) is 24.3. The van der Waals surface area contributed by atoms with Gasteiger partial charge in [-0.1, -0.05) is 39.5 Å². The van der Waals surface area contributed by atoms with Gasteiger partial charge in [-0.05, 0) is 12.8 Å². The summed E-state index contributed by atoms with van der Waals surface area (Å²) >= 11 is -0.504. The van der Waals surface area contributed by atoms with Gasteiger partial charge in [0.05, 0.1) is 0 Å². The minimum absolute atomic E-state index is 0.224. The first-order chi connectivity index (χ1) is 14.7. The van der Waals surface area contributed by atoms with Gasteiger partial charge in [-0.25, -0.2) is 0 Å². The van der Waals surface area contributed by atoms with Crippen molar-refractivity contribution in [2.75, 3.05) is 13.2 Å². The van der Waals surface area contributed by atoms with Crippen LogP contribution < -0.4 is 10.2 Å². The molecule has 0 aromatic carbocycles. The molecule has 0 aromatic heterocycles. The van der Waals surface area contributed by atoms with E-state index in [-0.39, 0.29) is 11.6 Å². The van der Waals surface area contributed by atoms with Crippen molar-refractivity contribution in [1.82, 2.24) is 0 Å². The van der Waals surface area contributed by atoms with E-state index in [0.717, 1.165) is 64.6 Å². The quantitative estimate of drug-likeness (QED) is 0.166. The SMILES string of the molecule is CCCCCC(=O)CC(=O)[O-].CCCCCC(=O)CC(=O)[O-].CCC[O][Ti+2][O]CCC. The van der Waals surface area contributed by atoms with Crippen molar-refractivity contribution in [3.63, 3.8) is 0 Å². The van der Waals surface area contributed by atoms with Crippen molar-refractivity contribution in [1.29, 1.82) is 0 Å². The molecular formula is C22H40O8Ti. The zero-order valence-corrected chi connectivity index (χ0v) is 21.2. The van der Waals surface area contributed by atoms with Gasteiger partial charge < -0.3 is 19.8 Å². The molecule has 0 saturated carbocycles. The number of hydrogen-bond donors (Lipinski definition) is 0. The van der Waals surface area contributed by atoms with E-state index in [9.17, 15) is 29.4 Å². The predicted octanol–water partition coefficient (Wildman–Crippen LogP) is 2.30. The van der Waals surface area contributed by atoms with Crippen LogP contribution in [0.4, 0.5) is 0 Å². The molecule has 0 radical (unpaired) electrons. The summed E-state index contributed by atoms with van der Waals surface area (Å²) in [5, 5.41) is 19.8. The molecule has 0 amide bonds. The Morgan fingerprint density at radius 1 is 0.613 bits per heavy atom. The van der Waals surface area contributed by atoms with Gasteiger partial charge in [-0.3, -0.25) is 9.59 Å². The summed E-state index contributed by atoms with van der Waals surface area (Å²) in [5.41, 5.74) is 0. The summed E-state index contributed by atoms with van der Waals surface area (Å²) in [6, 6.07) is 0. The Balaban J connectivity index is -0.000000382. The van der Waals surface area contributed by atoms with Gasteiger partial charge >= 0.3 is 66.5 Å². The van der Waals surface area contributed by atoms with E-state index in [2.05, 4.69) is 13.8 Å². The van der Waals surface area contributed by atoms with Crippen LogP contribution in [-0.4, -0.2) is 36.7 Å². The number of unbranched alkanes of at least 4 members (excludes halogenated alkanes) is 4. The van der Waals surface area contributed by atoms with Gasteiger partial charge in [0.2, 0.25) is 0 Å². The molecule has 0 rings (SSSR count). The predicted molar refractivity (Wildman–Crippen MR) is 110 cm³/mol. The van der Waals surface area contributed by atoms with Crippen molar-refractivity contribution >= 4 is 23.5 Å². The molecule has 8 nitrogen and oxygen atoms in total. The second-order valence-electron chi connectivity index (χ2n) is 6.87. The third-order valence-electron chi connectivity index (χ3n) is 3.53. The summed E-state index contributed by atoms with van der Waals surface area (Å²) in [4.78, 5) is 41.2. The average Bonchev–Trinajstić information content (AvgIpc) is 2.68.